The van der Waals surface area contributed by atoms with Crippen molar-refractivity contribution < 1.29 is 14.0 Å². The van der Waals surface area contributed by atoms with E-state index in [4.69, 9.17) is 0 Å². The Morgan fingerprint density at radius 1 is 1.21 bits per heavy atom. The van der Waals surface area contributed by atoms with Gasteiger partial charge in [0.1, 0.15) is 0 Å². The van der Waals surface area contributed by atoms with Crippen molar-refractivity contribution in [1.82, 2.24) is 15.5 Å². The van der Waals surface area contributed by atoms with Gasteiger partial charge in [-0.25, -0.2) is 9.18 Å². The highest BCUT2D eigenvalue weighted by molar-refractivity contribution is 5.86. The molecule has 0 spiro atoms. The topological polar surface area (TPSA) is 61.4 Å². The molecule has 2 N–H and O–H groups in total. The maximum absolute atomic E-state index is 14.7. The van der Waals surface area contributed by atoms with Crippen molar-refractivity contribution in [1.29, 1.82) is 0 Å². The van der Waals surface area contributed by atoms with Crippen LogP contribution >= 0.6 is 0 Å². The summed E-state index contributed by atoms with van der Waals surface area (Å²) in [6.07, 6.45) is 2.00. The van der Waals surface area contributed by atoms with Gasteiger partial charge in [-0.2, -0.15) is 0 Å². The van der Waals surface area contributed by atoms with Crippen molar-refractivity contribution in [3.63, 3.8) is 0 Å². The molecule has 130 valence electrons. The van der Waals surface area contributed by atoms with Gasteiger partial charge in [-0.05, 0) is 25.3 Å². The van der Waals surface area contributed by atoms with Gasteiger partial charge in [0.15, 0.2) is 5.67 Å². The summed E-state index contributed by atoms with van der Waals surface area (Å²) in [6.45, 7) is 2.97. The van der Waals surface area contributed by atoms with Gasteiger partial charge >= 0.3 is 6.03 Å². The van der Waals surface area contributed by atoms with Gasteiger partial charge in [0, 0.05) is 38.5 Å². The third-order valence-electron chi connectivity index (χ3n) is 4.73. The van der Waals surface area contributed by atoms with E-state index in [1.54, 1.807) is 4.90 Å². The average molecular weight is 333 g/mol. The molecular formula is C18H24FN3O2. The number of benzene rings is 1. The average Bonchev–Trinajstić information content (AvgIpc) is 3.38. The number of urea groups is 1. The number of amides is 3. The van der Waals surface area contributed by atoms with E-state index in [-0.39, 0.29) is 38.0 Å². The fourth-order valence-electron chi connectivity index (χ4n) is 2.83. The van der Waals surface area contributed by atoms with Gasteiger partial charge < -0.3 is 15.5 Å². The summed E-state index contributed by atoms with van der Waals surface area (Å²) >= 11 is 0. The molecule has 3 rings (SSSR count). The number of aryl methyl sites for hydroxylation is 1. The molecule has 1 saturated heterocycles. The minimum atomic E-state index is -1.84. The van der Waals surface area contributed by atoms with E-state index in [0.29, 0.717) is 6.54 Å². The molecule has 1 heterocycles. The van der Waals surface area contributed by atoms with Gasteiger partial charge in [0.25, 0.3) is 5.91 Å². The molecule has 5 nitrogen and oxygen atoms in total. The quantitative estimate of drug-likeness (QED) is 0.888. The van der Waals surface area contributed by atoms with E-state index in [9.17, 15) is 14.0 Å². The monoisotopic (exact) mass is 333 g/mol. The number of rotatable bonds is 4. The Balaban J connectivity index is 1.45. The Kier molecular flexibility index (Phi) is 4.73. The van der Waals surface area contributed by atoms with E-state index in [0.717, 1.165) is 18.4 Å². The summed E-state index contributed by atoms with van der Waals surface area (Å²) in [5.41, 5.74) is 0.357. The molecular weight excluding hydrogens is 309 g/mol. The van der Waals surface area contributed by atoms with Crippen LogP contribution in [0.1, 0.15) is 36.8 Å². The number of halogens is 1. The first-order chi connectivity index (χ1) is 11.5. The maximum atomic E-state index is 14.7. The summed E-state index contributed by atoms with van der Waals surface area (Å²) in [5.74, 6) is -0.510. The zero-order valence-electron chi connectivity index (χ0n) is 14.0. The number of carbonyl (C=O) groups excluding carboxylic acids is 2. The van der Waals surface area contributed by atoms with Gasteiger partial charge in [-0.15, -0.1) is 0 Å². The summed E-state index contributed by atoms with van der Waals surface area (Å²) < 4.78 is 14.7. The highest BCUT2D eigenvalue weighted by Gasteiger charge is 2.44. The third-order valence-corrected chi connectivity index (χ3v) is 4.73. The van der Waals surface area contributed by atoms with Gasteiger partial charge in [0.2, 0.25) is 0 Å². The molecule has 2 fully saturated rings. The van der Waals surface area contributed by atoms with Crippen molar-refractivity contribution >= 4 is 11.9 Å². The number of likely N-dealkylation sites (tertiary alicyclic amines) is 1. The molecule has 0 unspecified atom stereocenters. The number of nitrogens with zero attached hydrogens (tertiary/aromatic N) is 1. The lowest BCUT2D eigenvalue weighted by atomic mass is 9.92. The molecule has 0 atom stereocenters. The predicted molar refractivity (Wildman–Crippen MR) is 89.2 cm³/mol. The van der Waals surface area contributed by atoms with Crippen LogP contribution in [-0.2, 0) is 11.3 Å². The molecule has 0 bridgehead atoms. The van der Waals surface area contributed by atoms with Crippen molar-refractivity contribution in [2.24, 2.45) is 0 Å². The smallest absolute Gasteiger partial charge is 0.317 e. The first kappa shape index (κ1) is 16.7. The number of hydrogen-bond donors (Lipinski definition) is 2. The second kappa shape index (κ2) is 6.79. The van der Waals surface area contributed by atoms with Gasteiger partial charge in [0.05, 0.1) is 0 Å². The third kappa shape index (κ3) is 4.04. The number of hydrogen-bond acceptors (Lipinski definition) is 2. The van der Waals surface area contributed by atoms with Crippen LogP contribution in [0.2, 0.25) is 0 Å². The second-order valence-corrected chi connectivity index (χ2v) is 6.84. The normalized spacial score (nSPS) is 19.7. The van der Waals surface area contributed by atoms with Crippen molar-refractivity contribution in [3.05, 3.63) is 35.4 Å². The zero-order chi connectivity index (χ0) is 17.2. The molecule has 3 amide bonds. The molecule has 2 aliphatic rings. The van der Waals surface area contributed by atoms with Crippen LogP contribution in [0.4, 0.5) is 9.18 Å². The predicted octanol–water partition coefficient (Wildman–Crippen LogP) is 2.29. The van der Waals surface area contributed by atoms with Crippen LogP contribution in [0.25, 0.3) is 0 Å². The Morgan fingerprint density at radius 3 is 2.42 bits per heavy atom. The molecule has 1 aromatic rings. The minimum Gasteiger partial charge on any atom is -0.351 e. The summed E-state index contributed by atoms with van der Waals surface area (Å²) in [5, 5.41) is 5.58. The molecule has 0 aromatic heterocycles. The first-order valence-electron chi connectivity index (χ1n) is 8.54. The van der Waals surface area contributed by atoms with Crippen LogP contribution in [0.15, 0.2) is 24.3 Å². The van der Waals surface area contributed by atoms with Crippen molar-refractivity contribution in [2.45, 2.75) is 50.9 Å². The largest absolute Gasteiger partial charge is 0.351 e. The SMILES string of the molecule is Cc1ccc(CNC(=O)N2CCC(F)(C(=O)NC3CC3)CC2)cc1. The van der Waals surface area contributed by atoms with E-state index in [1.807, 2.05) is 31.2 Å². The number of carbonyl (C=O) groups is 2. The van der Waals surface area contributed by atoms with Crippen LogP contribution < -0.4 is 10.6 Å². The van der Waals surface area contributed by atoms with Gasteiger partial charge in [-0.1, -0.05) is 29.8 Å². The van der Waals surface area contributed by atoms with Crippen LogP contribution in [0, 0.1) is 6.92 Å². The highest BCUT2D eigenvalue weighted by Crippen LogP contribution is 2.29. The molecule has 0 radical (unpaired) electrons. The number of alkyl halides is 1. The Labute approximate surface area is 141 Å². The number of nitrogens with one attached hydrogen (secondary N) is 2. The van der Waals surface area contributed by atoms with Crippen LogP contribution in [-0.4, -0.2) is 41.6 Å². The molecule has 1 saturated carbocycles. The zero-order valence-corrected chi connectivity index (χ0v) is 14.0. The van der Waals surface area contributed by atoms with Gasteiger partial charge in [-0.3, -0.25) is 4.79 Å². The molecule has 1 aromatic carbocycles. The van der Waals surface area contributed by atoms with Crippen molar-refractivity contribution in [3.8, 4) is 0 Å². The number of piperidine rings is 1. The Bertz CT molecular complexity index is 605. The second-order valence-electron chi connectivity index (χ2n) is 6.84. The molecule has 24 heavy (non-hydrogen) atoms. The highest BCUT2D eigenvalue weighted by atomic mass is 19.1. The van der Waals surface area contributed by atoms with Crippen LogP contribution in [0.3, 0.4) is 0 Å². The van der Waals surface area contributed by atoms with E-state index >= 15 is 0 Å². The Hall–Kier alpha value is -2.11. The van der Waals surface area contributed by atoms with E-state index in [1.165, 1.54) is 5.56 Å². The lowest BCUT2D eigenvalue weighted by Crippen LogP contribution is -2.54. The van der Waals surface area contributed by atoms with E-state index < -0.39 is 11.6 Å². The summed E-state index contributed by atoms with van der Waals surface area (Å²) in [4.78, 5) is 25.8. The molecule has 6 heteroatoms. The summed E-state index contributed by atoms with van der Waals surface area (Å²) in [6, 6.07) is 7.89. The fraction of sp³-hybridized carbons (Fsp3) is 0.556. The fourth-order valence-corrected chi connectivity index (χ4v) is 2.83. The molecule has 1 aliphatic heterocycles. The first-order valence-corrected chi connectivity index (χ1v) is 8.54. The van der Waals surface area contributed by atoms with Crippen molar-refractivity contribution in [2.75, 3.05) is 13.1 Å². The standard InChI is InChI=1S/C18H24FN3O2/c1-13-2-4-14(5-3-13)12-20-17(24)22-10-8-18(19,9-11-22)16(23)21-15-6-7-15/h2-5,15H,6-12H2,1H3,(H,20,24)(H,21,23). The lowest BCUT2D eigenvalue weighted by molar-refractivity contribution is -0.135. The molecule has 1 aliphatic carbocycles. The maximum Gasteiger partial charge on any atom is 0.317 e. The van der Waals surface area contributed by atoms with Crippen LogP contribution in [0.5, 0.6) is 0 Å². The summed E-state index contributed by atoms with van der Waals surface area (Å²) in [7, 11) is 0. The van der Waals surface area contributed by atoms with E-state index in [2.05, 4.69) is 10.6 Å². The Morgan fingerprint density at radius 2 is 1.83 bits per heavy atom. The minimum absolute atomic E-state index is 0.0590. The lowest BCUT2D eigenvalue weighted by Gasteiger charge is -2.35.